The number of nitrogens with one attached hydrogen (secondary N) is 1. The first-order chi connectivity index (χ1) is 12.8. The molecule has 0 radical (unpaired) electrons. The maximum Gasteiger partial charge on any atom is 0.259 e. The van der Waals surface area contributed by atoms with Gasteiger partial charge in [0.15, 0.2) is 0 Å². The van der Waals surface area contributed by atoms with E-state index in [9.17, 15) is 15.0 Å². The van der Waals surface area contributed by atoms with E-state index in [4.69, 9.17) is 0 Å². The fourth-order valence-corrected chi connectivity index (χ4v) is 3.34. The first kappa shape index (κ1) is 18.5. The molecule has 0 aromatic heterocycles. The lowest BCUT2D eigenvalue weighted by Crippen LogP contribution is -2.15. The molecule has 3 rings (SSSR count). The van der Waals surface area contributed by atoms with Crippen LogP contribution in [0.25, 0.3) is 11.1 Å². The molecule has 4 heteroatoms. The minimum absolute atomic E-state index is 0.0563. The minimum Gasteiger partial charge on any atom is -0.507 e. The van der Waals surface area contributed by atoms with Gasteiger partial charge in [0.1, 0.15) is 11.5 Å². The van der Waals surface area contributed by atoms with E-state index in [-0.39, 0.29) is 22.6 Å². The van der Waals surface area contributed by atoms with Crippen molar-refractivity contribution in [1.82, 2.24) is 0 Å². The third-order valence-electron chi connectivity index (χ3n) is 4.73. The molecule has 3 aromatic rings. The molecule has 0 saturated carbocycles. The lowest BCUT2D eigenvalue weighted by Gasteiger charge is -2.17. The van der Waals surface area contributed by atoms with Gasteiger partial charge in [-0.2, -0.15) is 0 Å². The molecule has 0 aliphatic carbocycles. The molecule has 1 amide bonds. The molecular formula is C23H23NO3. The number of benzene rings is 3. The number of rotatable bonds is 3. The molecule has 0 saturated heterocycles. The second-order valence-corrected chi connectivity index (χ2v) is 6.90. The van der Waals surface area contributed by atoms with Crippen molar-refractivity contribution in [2.45, 2.75) is 27.7 Å². The first-order valence-electron chi connectivity index (χ1n) is 8.79. The summed E-state index contributed by atoms with van der Waals surface area (Å²) in [6, 6.07) is 14.7. The Kier molecular flexibility index (Phi) is 4.91. The summed E-state index contributed by atoms with van der Waals surface area (Å²) in [5.41, 5.74) is 5.19. The van der Waals surface area contributed by atoms with Crippen molar-refractivity contribution in [3.05, 3.63) is 76.3 Å². The van der Waals surface area contributed by atoms with Crippen LogP contribution in [-0.4, -0.2) is 16.1 Å². The van der Waals surface area contributed by atoms with Gasteiger partial charge in [-0.3, -0.25) is 4.79 Å². The van der Waals surface area contributed by atoms with Crippen LogP contribution >= 0.6 is 0 Å². The van der Waals surface area contributed by atoms with Crippen LogP contribution in [0.5, 0.6) is 11.5 Å². The molecule has 0 aliphatic heterocycles. The number of aromatic hydroxyl groups is 2. The van der Waals surface area contributed by atoms with Crippen LogP contribution in [-0.2, 0) is 0 Å². The monoisotopic (exact) mass is 361 g/mol. The van der Waals surface area contributed by atoms with Crippen LogP contribution in [0, 0.1) is 27.7 Å². The first-order valence-corrected chi connectivity index (χ1v) is 8.79. The smallest absolute Gasteiger partial charge is 0.259 e. The van der Waals surface area contributed by atoms with E-state index < -0.39 is 5.91 Å². The summed E-state index contributed by atoms with van der Waals surface area (Å²) >= 11 is 0. The Morgan fingerprint density at radius 2 is 1.48 bits per heavy atom. The van der Waals surface area contributed by atoms with Crippen molar-refractivity contribution in [2.75, 3.05) is 5.32 Å². The van der Waals surface area contributed by atoms with Gasteiger partial charge in [-0.05, 0) is 56.0 Å². The molecule has 0 spiro atoms. The highest BCUT2D eigenvalue weighted by Crippen LogP contribution is 2.42. The van der Waals surface area contributed by atoms with Crippen LogP contribution in [0.15, 0.2) is 48.5 Å². The Hall–Kier alpha value is -3.27. The van der Waals surface area contributed by atoms with Crippen molar-refractivity contribution in [3.63, 3.8) is 0 Å². The van der Waals surface area contributed by atoms with Gasteiger partial charge < -0.3 is 15.5 Å². The van der Waals surface area contributed by atoms with Gasteiger partial charge in [0.25, 0.3) is 5.91 Å². The van der Waals surface area contributed by atoms with E-state index in [0.717, 1.165) is 22.4 Å². The number of amides is 1. The molecule has 3 aromatic carbocycles. The number of phenolic OH excluding ortho intramolecular Hbond substituents is 2. The number of anilines is 1. The Morgan fingerprint density at radius 1 is 0.852 bits per heavy atom. The summed E-state index contributed by atoms with van der Waals surface area (Å²) in [5, 5.41) is 24.2. The largest absolute Gasteiger partial charge is 0.507 e. The van der Waals surface area contributed by atoms with E-state index in [0.29, 0.717) is 11.1 Å². The predicted molar refractivity (Wildman–Crippen MR) is 109 cm³/mol. The second-order valence-electron chi connectivity index (χ2n) is 6.90. The van der Waals surface area contributed by atoms with Crippen molar-refractivity contribution >= 4 is 11.6 Å². The average Bonchev–Trinajstić information content (AvgIpc) is 2.58. The van der Waals surface area contributed by atoms with E-state index in [2.05, 4.69) is 5.32 Å². The lowest BCUT2D eigenvalue weighted by atomic mass is 9.95. The van der Waals surface area contributed by atoms with E-state index in [1.54, 1.807) is 13.0 Å². The zero-order chi connectivity index (χ0) is 19.7. The number of carbonyl (C=O) groups excluding carboxylic acids is 1. The number of phenols is 2. The topological polar surface area (TPSA) is 69.6 Å². The third-order valence-corrected chi connectivity index (χ3v) is 4.73. The van der Waals surface area contributed by atoms with Crippen molar-refractivity contribution in [2.24, 2.45) is 0 Å². The number of hydrogen-bond acceptors (Lipinski definition) is 3. The summed E-state index contributed by atoms with van der Waals surface area (Å²) in [7, 11) is 0. The molecule has 0 unspecified atom stereocenters. The Bertz CT molecular complexity index is 1020. The summed E-state index contributed by atoms with van der Waals surface area (Å²) in [6.07, 6.45) is 0. The molecule has 138 valence electrons. The second kappa shape index (κ2) is 7.16. The van der Waals surface area contributed by atoms with Crippen LogP contribution in [0.3, 0.4) is 0 Å². The molecule has 0 fully saturated rings. The highest BCUT2D eigenvalue weighted by Gasteiger charge is 2.22. The van der Waals surface area contributed by atoms with Crippen LogP contribution in [0.1, 0.15) is 32.6 Å². The third kappa shape index (κ3) is 3.51. The van der Waals surface area contributed by atoms with Crippen LogP contribution in [0.2, 0.25) is 0 Å². The van der Waals surface area contributed by atoms with Gasteiger partial charge >= 0.3 is 0 Å². The quantitative estimate of drug-likeness (QED) is 0.597. The molecule has 27 heavy (non-hydrogen) atoms. The van der Waals surface area contributed by atoms with Crippen molar-refractivity contribution in [3.8, 4) is 22.6 Å². The maximum atomic E-state index is 13.0. The predicted octanol–water partition coefficient (Wildman–Crippen LogP) is 5.25. The standard InChI is InChI=1S/C23H23NO3/c1-13-7-5-10-17(11-13)20-18(25)12-16(4)19(22(20)26)23(27)24-21-14(2)8-6-9-15(21)3/h5-12,25-26H,1-4H3,(H,24,27). The Morgan fingerprint density at radius 3 is 2.11 bits per heavy atom. The zero-order valence-electron chi connectivity index (χ0n) is 15.9. The molecule has 0 atom stereocenters. The molecule has 0 heterocycles. The maximum absolute atomic E-state index is 13.0. The van der Waals surface area contributed by atoms with Gasteiger partial charge in [-0.15, -0.1) is 0 Å². The van der Waals surface area contributed by atoms with Gasteiger partial charge in [-0.1, -0.05) is 48.0 Å². The van der Waals surface area contributed by atoms with Crippen molar-refractivity contribution < 1.29 is 15.0 Å². The van der Waals surface area contributed by atoms with Gasteiger partial charge in [0.2, 0.25) is 0 Å². The molecule has 0 bridgehead atoms. The van der Waals surface area contributed by atoms with E-state index in [1.807, 2.05) is 57.2 Å². The Labute approximate surface area is 159 Å². The van der Waals surface area contributed by atoms with Gasteiger partial charge in [0, 0.05) is 5.69 Å². The number of para-hydroxylation sites is 1. The lowest BCUT2D eigenvalue weighted by molar-refractivity contribution is 0.102. The van der Waals surface area contributed by atoms with Crippen LogP contribution < -0.4 is 5.32 Å². The fraction of sp³-hybridized carbons (Fsp3) is 0.174. The number of aryl methyl sites for hydroxylation is 4. The zero-order valence-corrected chi connectivity index (χ0v) is 15.9. The summed E-state index contributed by atoms with van der Waals surface area (Å²) in [6.45, 7) is 7.47. The average molecular weight is 361 g/mol. The molecule has 4 nitrogen and oxygen atoms in total. The van der Waals surface area contributed by atoms with Crippen molar-refractivity contribution in [1.29, 1.82) is 0 Å². The molecule has 0 aliphatic rings. The molecule has 3 N–H and O–H groups in total. The highest BCUT2D eigenvalue weighted by atomic mass is 16.3. The fourth-order valence-electron chi connectivity index (χ4n) is 3.34. The minimum atomic E-state index is -0.406. The normalized spacial score (nSPS) is 10.7. The summed E-state index contributed by atoms with van der Waals surface area (Å²) in [5.74, 6) is -0.683. The number of carbonyl (C=O) groups is 1. The van der Waals surface area contributed by atoms with Gasteiger partial charge in [-0.25, -0.2) is 0 Å². The summed E-state index contributed by atoms with van der Waals surface area (Å²) < 4.78 is 0. The van der Waals surface area contributed by atoms with E-state index >= 15 is 0 Å². The van der Waals surface area contributed by atoms with Gasteiger partial charge in [0.05, 0.1) is 11.1 Å². The highest BCUT2D eigenvalue weighted by molar-refractivity contribution is 6.09. The molecular weight excluding hydrogens is 338 g/mol. The Balaban J connectivity index is 2.11. The SMILES string of the molecule is Cc1cccc(-c2c(O)cc(C)c(C(=O)Nc3c(C)cccc3C)c2O)c1. The van der Waals surface area contributed by atoms with E-state index in [1.165, 1.54) is 6.07 Å². The summed E-state index contributed by atoms with van der Waals surface area (Å²) in [4.78, 5) is 13.0. The number of hydrogen-bond donors (Lipinski definition) is 3. The van der Waals surface area contributed by atoms with Crippen LogP contribution in [0.4, 0.5) is 5.69 Å².